The zero-order chi connectivity index (χ0) is 17.9. The zero-order valence-electron chi connectivity index (χ0n) is 15.5. The van der Waals surface area contributed by atoms with Crippen LogP contribution in [0, 0.1) is 5.92 Å². The van der Waals surface area contributed by atoms with Crippen LogP contribution in [0.1, 0.15) is 46.6 Å². The van der Waals surface area contributed by atoms with Gasteiger partial charge in [-0.05, 0) is 56.6 Å². The number of benzene rings is 1. The second-order valence-electron chi connectivity index (χ2n) is 7.60. The Morgan fingerprint density at radius 2 is 2.04 bits per heavy atom. The standard InChI is InChI=1S/C21H28N4O/c1-22-21(26)20-18-13-17(23-14-16-7-8-16)9-10-19(18)25(24-20)12-11-15-5-3-2-4-6-15/h2-6,16-17,23H,7-14H2,1H3,(H,22,26)/t17-/m0/s1. The number of hydrogen-bond donors (Lipinski definition) is 2. The Bertz CT molecular complexity index is 764. The molecule has 0 radical (unpaired) electrons. The minimum Gasteiger partial charge on any atom is -0.354 e. The van der Waals surface area contributed by atoms with Crippen molar-refractivity contribution >= 4 is 5.91 Å². The van der Waals surface area contributed by atoms with E-state index < -0.39 is 0 Å². The lowest BCUT2D eigenvalue weighted by molar-refractivity contribution is 0.0956. The van der Waals surface area contributed by atoms with Gasteiger partial charge in [0.2, 0.25) is 0 Å². The van der Waals surface area contributed by atoms with E-state index in [2.05, 4.69) is 39.6 Å². The van der Waals surface area contributed by atoms with Crippen molar-refractivity contribution in [3.05, 3.63) is 52.8 Å². The van der Waals surface area contributed by atoms with Gasteiger partial charge in [0.05, 0.1) is 0 Å². The molecule has 5 nitrogen and oxygen atoms in total. The maximum Gasteiger partial charge on any atom is 0.271 e. The van der Waals surface area contributed by atoms with Crippen LogP contribution in [0.3, 0.4) is 0 Å². The molecule has 26 heavy (non-hydrogen) atoms. The second-order valence-corrected chi connectivity index (χ2v) is 7.60. The number of nitrogens with one attached hydrogen (secondary N) is 2. The number of carbonyl (C=O) groups is 1. The molecular weight excluding hydrogens is 324 g/mol. The van der Waals surface area contributed by atoms with E-state index in [1.807, 2.05) is 6.07 Å². The van der Waals surface area contributed by atoms with Crippen LogP contribution in [0.5, 0.6) is 0 Å². The van der Waals surface area contributed by atoms with Gasteiger partial charge in [0, 0.05) is 30.9 Å². The Morgan fingerprint density at radius 1 is 1.23 bits per heavy atom. The Labute approximate surface area is 155 Å². The zero-order valence-corrected chi connectivity index (χ0v) is 15.5. The van der Waals surface area contributed by atoms with Crippen LogP contribution < -0.4 is 10.6 Å². The highest BCUT2D eigenvalue weighted by atomic mass is 16.1. The van der Waals surface area contributed by atoms with Crippen molar-refractivity contribution in [3.8, 4) is 0 Å². The number of aromatic nitrogens is 2. The first-order valence-electron chi connectivity index (χ1n) is 9.82. The van der Waals surface area contributed by atoms with Gasteiger partial charge in [-0.25, -0.2) is 0 Å². The van der Waals surface area contributed by atoms with E-state index in [0.717, 1.165) is 50.3 Å². The van der Waals surface area contributed by atoms with Gasteiger partial charge in [-0.15, -0.1) is 0 Å². The molecule has 2 aromatic rings. The largest absolute Gasteiger partial charge is 0.354 e. The lowest BCUT2D eigenvalue weighted by Gasteiger charge is -2.24. The third kappa shape index (κ3) is 3.83. The molecule has 1 atom stereocenters. The molecule has 0 unspecified atom stereocenters. The minimum absolute atomic E-state index is 0.0671. The highest BCUT2D eigenvalue weighted by molar-refractivity contribution is 5.93. The lowest BCUT2D eigenvalue weighted by Crippen LogP contribution is -2.36. The first-order chi connectivity index (χ1) is 12.7. The molecule has 0 aliphatic heterocycles. The molecule has 1 fully saturated rings. The number of nitrogens with zero attached hydrogens (tertiary/aromatic N) is 2. The quantitative estimate of drug-likeness (QED) is 0.804. The van der Waals surface area contributed by atoms with Gasteiger partial charge in [0.15, 0.2) is 5.69 Å². The summed E-state index contributed by atoms with van der Waals surface area (Å²) in [5.41, 5.74) is 4.33. The van der Waals surface area contributed by atoms with Gasteiger partial charge in [0.25, 0.3) is 5.91 Å². The van der Waals surface area contributed by atoms with Gasteiger partial charge >= 0.3 is 0 Å². The highest BCUT2D eigenvalue weighted by Gasteiger charge is 2.30. The number of rotatable bonds is 7. The van der Waals surface area contributed by atoms with Crippen molar-refractivity contribution in [1.29, 1.82) is 0 Å². The van der Waals surface area contributed by atoms with Gasteiger partial charge < -0.3 is 10.6 Å². The van der Waals surface area contributed by atoms with Gasteiger partial charge in [-0.2, -0.15) is 5.10 Å². The van der Waals surface area contributed by atoms with Crippen LogP contribution in [-0.4, -0.2) is 35.3 Å². The molecule has 1 aromatic carbocycles. The van der Waals surface area contributed by atoms with Crippen molar-refractivity contribution in [2.24, 2.45) is 5.92 Å². The molecule has 1 amide bonds. The van der Waals surface area contributed by atoms with E-state index in [0.29, 0.717) is 11.7 Å². The topological polar surface area (TPSA) is 59.0 Å². The van der Waals surface area contributed by atoms with Crippen LogP contribution in [0.2, 0.25) is 0 Å². The van der Waals surface area contributed by atoms with Gasteiger partial charge in [-0.1, -0.05) is 30.3 Å². The average Bonchev–Trinajstić information content (AvgIpc) is 3.45. The maximum atomic E-state index is 12.3. The second kappa shape index (κ2) is 7.62. The van der Waals surface area contributed by atoms with Crippen molar-refractivity contribution < 1.29 is 4.79 Å². The average molecular weight is 352 g/mol. The molecule has 4 rings (SSSR count). The Hall–Kier alpha value is -2.14. The molecule has 1 heterocycles. The van der Waals surface area contributed by atoms with E-state index in [-0.39, 0.29) is 5.91 Å². The fourth-order valence-electron chi connectivity index (χ4n) is 3.88. The van der Waals surface area contributed by atoms with Gasteiger partial charge in [0.1, 0.15) is 0 Å². The fourth-order valence-corrected chi connectivity index (χ4v) is 3.88. The summed E-state index contributed by atoms with van der Waals surface area (Å²) in [6.45, 7) is 1.95. The normalized spacial score (nSPS) is 19.2. The maximum absolute atomic E-state index is 12.3. The molecular formula is C21H28N4O. The molecule has 0 saturated heterocycles. The molecule has 1 aromatic heterocycles. The molecule has 2 aliphatic rings. The predicted octanol–water partition coefficient (Wildman–Crippen LogP) is 2.34. The monoisotopic (exact) mass is 352 g/mol. The van der Waals surface area contributed by atoms with E-state index in [1.165, 1.54) is 24.1 Å². The van der Waals surface area contributed by atoms with Gasteiger partial charge in [-0.3, -0.25) is 9.48 Å². The summed E-state index contributed by atoms with van der Waals surface area (Å²) >= 11 is 0. The first kappa shape index (κ1) is 17.3. The number of fused-ring (bicyclic) bond motifs is 1. The van der Waals surface area contributed by atoms with E-state index >= 15 is 0 Å². The van der Waals surface area contributed by atoms with Crippen molar-refractivity contribution in [1.82, 2.24) is 20.4 Å². The third-order valence-corrected chi connectivity index (χ3v) is 5.64. The van der Waals surface area contributed by atoms with Crippen LogP contribution in [0.4, 0.5) is 0 Å². The first-order valence-corrected chi connectivity index (χ1v) is 9.82. The molecule has 0 spiro atoms. The van der Waals surface area contributed by atoms with Crippen LogP contribution in [-0.2, 0) is 25.8 Å². The molecule has 2 aliphatic carbocycles. The molecule has 2 N–H and O–H groups in total. The number of amides is 1. The number of hydrogen-bond acceptors (Lipinski definition) is 3. The summed E-state index contributed by atoms with van der Waals surface area (Å²) in [6, 6.07) is 10.9. The molecule has 138 valence electrons. The number of carbonyl (C=O) groups excluding carboxylic acids is 1. The van der Waals surface area contributed by atoms with E-state index in [4.69, 9.17) is 5.10 Å². The summed E-state index contributed by atoms with van der Waals surface area (Å²) in [7, 11) is 1.68. The summed E-state index contributed by atoms with van der Waals surface area (Å²) in [5.74, 6) is 0.811. The SMILES string of the molecule is CNC(=O)c1nn(CCc2ccccc2)c2c1C[C@@H](NCC1CC1)CC2. The molecule has 5 heteroatoms. The molecule has 1 saturated carbocycles. The summed E-state index contributed by atoms with van der Waals surface area (Å²) in [6.07, 6.45) is 6.71. The summed E-state index contributed by atoms with van der Waals surface area (Å²) in [4.78, 5) is 12.3. The smallest absolute Gasteiger partial charge is 0.271 e. The van der Waals surface area contributed by atoms with Crippen molar-refractivity contribution in [2.45, 2.75) is 51.1 Å². The van der Waals surface area contributed by atoms with Crippen molar-refractivity contribution in [3.63, 3.8) is 0 Å². The van der Waals surface area contributed by atoms with E-state index in [1.54, 1.807) is 7.05 Å². The lowest BCUT2D eigenvalue weighted by atomic mass is 9.91. The van der Waals surface area contributed by atoms with Crippen LogP contribution in [0.15, 0.2) is 30.3 Å². The number of aryl methyl sites for hydroxylation is 2. The van der Waals surface area contributed by atoms with Crippen molar-refractivity contribution in [2.75, 3.05) is 13.6 Å². The highest BCUT2D eigenvalue weighted by Crippen LogP contribution is 2.29. The third-order valence-electron chi connectivity index (χ3n) is 5.64. The Morgan fingerprint density at radius 3 is 2.77 bits per heavy atom. The molecule has 0 bridgehead atoms. The van der Waals surface area contributed by atoms with E-state index in [9.17, 15) is 4.79 Å². The predicted molar refractivity (Wildman–Crippen MR) is 102 cm³/mol. The summed E-state index contributed by atoms with van der Waals surface area (Å²) < 4.78 is 2.07. The minimum atomic E-state index is -0.0671. The summed E-state index contributed by atoms with van der Waals surface area (Å²) in [5, 5.41) is 11.2. The fraction of sp³-hybridized carbons (Fsp3) is 0.524. The Balaban J connectivity index is 1.51. The van der Waals surface area contributed by atoms with Crippen LogP contribution in [0.25, 0.3) is 0 Å². The Kier molecular flexibility index (Phi) is 5.07. The van der Waals surface area contributed by atoms with Crippen LogP contribution >= 0.6 is 0 Å².